The molecule has 0 unspecified atom stereocenters. The number of nitrogens with two attached hydrogens (primary N) is 1. The van der Waals surface area contributed by atoms with E-state index in [4.69, 9.17) is 17.3 Å². The van der Waals surface area contributed by atoms with E-state index in [0.717, 1.165) is 22.1 Å². The lowest BCUT2D eigenvalue weighted by molar-refractivity contribution is 0.661. The third-order valence-electron chi connectivity index (χ3n) is 4.88. The summed E-state index contributed by atoms with van der Waals surface area (Å²) < 4.78 is 0. The van der Waals surface area contributed by atoms with Crippen LogP contribution in [0.1, 0.15) is 25.0 Å². The predicted molar refractivity (Wildman–Crippen MR) is 103 cm³/mol. The Balaban J connectivity index is 1.82. The van der Waals surface area contributed by atoms with Gasteiger partial charge in [0.25, 0.3) is 0 Å². The van der Waals surface area contributed by atoms with Crippen LogP contribution in [0.2, 0.25) is 5.02 Å². The Morgan fingerprint density at radius 1 is 0.875 bits per heavy atom. The van der Waals surface area contributed by atoms with Crippen LogP contribution in [-0.4, -0.2) is 0 Å². The second kappa shape index (κ2) is 5.29. The zero-order valence-corrected chi connectivity index (χ0v) is 14.5. The Hall–Kier alpha value is -2.45. The first kappa shape index (κ1) is 15.1. The highest BCUT2D eigenvalue weighted by molar-refractivity contribution is 6.30. The van der Waals surface area contributed by atoms with E-state index < -0.39 is 0 Å². The number of rotatable bonds is 2. The minimum absolute atomic E-state index is 0.0289. The van der Waals surface area contributed by atoms with Gasteiger partial charge in [0.1, 0.15) is 0 Å². The maximum absolute atomic E-state index is 6.34. The monoisotopic (exact) mass is 334 g/mol. The normalized spacial score (nSPS) is 14.1. The Bertz CT molecular complexity index is 927. The summed E-state index contributed by atoms with van der Waals surface area (Å²) in [5.74, 6) is 0. The number of anilines is 3. The average molecular weight is 335 g/mol. The fourth-order valence-corrected chi connectivity index (χ4v) is 3.69. The second-order valence-corrected chi connectivity index (χ2v) is 7.22. The molecule has 120 valence electrons. The first-order chi connectivity index (χ1) is 11.5. The van der Waals surface area contributed by atoms with Gasteiger partial charge in [-0.15, -0.1) is 0 Å². The van der Waals surface area contributed by atoms with E-state index in [9.17, 15) is 0 Å². The van der Waals surface area contributed by atoms with Crippen LogP contribution in [0.3, 0.4) is 0 Å². The van der Waals surface area contributed by atoms with E-state index in [-0.39, 0.29) is 5.41 Å². The van der Waals surface area contributed by atoms with Gasteiger partial charge in [-0.1, -0.05) is 49.7 Å². The number of nitrogens with one attached hydrogen (secondary N) is 1. The molecule has 3 heteroatoms. The maximum atomic E-state index is 6.34. The van der Waals surface area contributed by atoms with Crippen molar-refractivity contribution in [2.24, 2.45) is 0 Å². The van der Waals surface area contributed by atoms with Crippen molar-refractivity contribution in [2.45, 2.75) is 19.3 Å². The predicted octanol–water partition coefficient (Wildman–Crippen LogP) is 5.97. The third-order valence-corrected chi connectivity index (χ3v) is 5.13. The molecule has 24 heavy (non-hydrogen) atoms. The average Bonchev–Trinajstić information content (AvgIpc) is 2.78. The molecule has 0 bridgehead atoms. The summed E-state index contributed by atoms with van der Waals surface area (Å²) in [6, 6.07) is 20.5. The Labute approximate surface area is 147 Å². The van der Waals surface area contributed by atoms with Crippen molar-refractivity contribution in [1.29, 1.82) is 0 Å². The van der Waals surface area contributed by atoms with Crippen LogP contribution < -0.4 is 11.1 Å². The summed E-state index contributed by atoms with van der Waals surface area (Å²) in [6.07, 6.45) is 0. The summed E-state index contributed by atoms with van der Waals surface area (Å²) >= 11 is 5.96. The highest BCUT2D eigenvalue weighted by Gasteiger charge is 2.35. The smallest absolute Gasteiger partial charge is 0.0624 e. The molecule has 0 saturated carbocycles. The van der Waals surface area contributed by atoms with Crippen LogP contribution in [0.25, 0.3) is 11.1 Å². The van der Waals surface area contributed by atoms with Crippen LogP contribution >= 0.6 is 11.6 Å². The molecule has 0 atom stereocenters. The molecule has 1 aliphatic carbocycles. The number of halogens is 1. The topological polar surface area (TPSA) is 38.0 Å². The number of benzene rings is 3. The van der Waals surface area contributed by atoms with Crippen LogP contribution in [0.5, 0.6) is 0 Å². The summed E-state index contributed by atoms with van der Waals surface area (Å²) in [5.41, 5.74) is 14.1. The quantitative estimate of drug-likeness (QED) is 0.566. The highest BCUT2D eigenvalue weighted by atomic mass is 35.5. The van der Waals surface area contributed by atoms with Crippen molar-refractivity contribution in [1.82, 2.24) is 0 Å². The fourth-order valence-electron chi connectivity index (χ4n) is 3.56. The summed E-state index contributed by atoms with van der Waals surface area (Å²) in [7, 11) is 0. The molecule has 4 rings (SSSR count). The molecular formula is C21H19ClN2. The summed E-state index contributed by atoms with van der Waals surface area (Å²) in [6.45, 7) is 4.51. The summed E-state index contributed by atoms with van der Waals surface area (Å²) in [4.78, 5) is 0. The van der Waals surface area contributed by atoms with Gasteiger partial charge in [-0.05, 0) is 58.7 Å². The molecule has 0 spiro atoms. The molecular weight excluding hydrogens is 316 g/mol. The molecule has 0 saturated heterocycles. The van der Waals surface area contributed by atoms with Crippen LogP contribution in [-0.2, 0) is 5.41 Å². The standard InChI is InChI=1S/C21H19ClN2/c1-21(2)17-6-4-3-5-15(17)16-11-20(19(23)12-18(16)21)24-14-9-7-13(22)8-10-14/h3-12,24H,23H2,1-2H3. The molecule has 0 fully saturated rings. The second-order valence-electron chi connectivity index (χ2n) is 6.79. The van der Waals surface area contributed by atoms with Crippen molar-refractivity contribution in [3.63, 3.8) is 0 Å². The highest BCUT2D eigenvalue weighted by Crippen LogP contribution is 2.50. The van der Waals surface area contributed by atoms with E-state index >= 15 is 0 Å². The number of hydrogen-bond donors (Lipinski definition) is 2. The van der Waals surface area contributed by atoms with Crippen molar-refractivity contribution in [3.8, 4) is 11.1 Å². The first-order valence-electron chi connectivity index (χ1n) is 8.03. The molecule has 0 amide bonds. The van der Waals surface area contributed by atoms with Gasteiger partial charge in [0.05, 0.1) is 11.4 Å². The molecule has 0 heterocycles. The summed E-state index contributed by atoms with van der Waals surface area (Å²) in [5, 5.41) is 4.12. The number of hydrogen-bond acceptors (Lipinski definition) is 2. The molecule has 0 aromatic heterocycles. The van der Waals surface area contributed by atoms with Crippen LogP contribution in [0.15, 0.2) is 60.7 Å². The minimum atomic E-state index is -0.0289. The van der Waals surface area contributed by atoms with E-state index in [0.29, 0.717) is 0 Å². The first-order valence-corrected chi connectivity index (χ1v) is 8.41. The van der Waals surface area contributed by atoms with Gasteiger partial charge in [0.2, 0.25) is 0 Å². The Kier molecular flexibility index (Phi) is 3.33. The van der Waals surface area contributed by atoms with Crippen molar-refractivity contribution in [3.05, 3.63) is 76.8 Å². The molecule has 3 N–H and O–H groups in total. The lowest BCUT2D eigenvalue weighted by atomic mass is 9.82. The zero-order chi connectivity index (χ0) is 16.9. The maximum Gasteiger partial charge on any atom is 0.0624 e. The molecule has 0 radical (unpaired) electrons. The largest absolute Gasteiger partial charge is 0.397 e. The molecule has 1 aliphatic rings. The van der Waals surface area contributed by atoms with Crippen LogP contribution in [0.4, 0.5) is 17.1 Å². The SMILES string of the molecule is CC1(C)c2ccccc2-c2cc(Nc3ccc(Cl)cc3)c(N)cc21. The van der Waals surface area contributed by atoms with E-state index in [1.54, 1.807) is 0 Å². The van der Waals surface area contributed by atoms with E-state index in [1.165, 1.54) is 22.3 Å². The number of nitrogen functional groups attached to an aromatic ring is 1. The lowest BCUT2D eigenvalue weighted by Gasteiger charge is -2.22. The lowest BCUT2D eigenvalue weighted by Crippen LogP contribution is -2.15. The van der Waals surface area contributed by atoms with Gasteiger partial charge in [-0.25, -0.2) is 0 Å². The third kappa shape index (κ3) is 2.26. The number of fused-ring (bicyclic) bond motifs is 3. The van der Waals surface area contributed by atoms with Gasteiger partial charge in [0, 0.05) is 16.1 Å². The van der Waals surface area contributed by atoms with Gasteiger partial charge in [-0.2, -0.15) is 0 Å². The van der Waals surface area contributed by atoms with E-state index in [1.807, 2.05) is 24.3 Å². The van der Waals surface area contributed by atoms with Crippen molar-refractivity contribution < 1.29 is 0 Å². The Morgan fingerprint density at radius 2 is 1.58 bits per heavy atom. The molecule has 3 aromatic carbocycles. The van der Waals surface area contributed by atoms with Crippen molar-refractivity contribution >= 4 is 28.7 Å². The Morgan fingerprint density at radius 3 is 2.33 bits per heavy atom. The molecule has 3 aromatic rings. The van der Waals surface area contributed by atoms with Gasteiger partial charge in [-0.3, -0.25) is 0 Å². The fraction of sp³-hybridized carbons (Fsp3) is 0.143. The minimum Gasteiger partial charge on any atom is -0.397 e. The van der Waals surface area contributed by atoms with Gasteiger partial charge >= 0.3 is 0 Å². The van der Waals surface area contributed by atoms with Gasteiger partial charge in [0.15, 0.2) is 0 Å². The zero-order valence-electron chi connectivity index (χ0n) is 13.7. The van der Waals surface area contributed by atoms with Crippen LogP contribution in [0, 0.1) is 0 Å². The molecule has 2 nitrogen and oxygen atoms in total. The van der Waals surface area contributed by atoms with Crippen molar-refractivity contribution in [2.75, 3.05) is 11.1 Å². The van der Waals surface area contributed by atoms with Gasteiger partial charge < -0.3 is 11.1 Å². The van der Waals surface area contributed by atoms with E-state index in [2.05, 4.69) is 55.6 Å². The molecule has 0 aliphatic heterocycles.